The lowest BCUT2D eigenvalue weighted by Crippen LogP contribution is -2.06. The van der Waals surface area contributed by atoms with E-state index < -0.39 is 5.97 Å². The second-order valence-corrected chi connectivity index (χ2v) is 4.65. The van der Waals surface area contributed by atoms with Crippen molar-refractivity contribution in [3.8, 4) is 5.75 Å². The zero-order chi connectivity index (χ0) is 12.3. The van der Waals surface area contributed by atoms with E-state index >= 15 is 0 Å². The highest BCUT2D eigenvalue weighted by molar-refractivity contribution is 5.66. The average molecular weight is 234 g/mol. The van der Waals surface area contributed by atoms with Gasteiger partial charge in [0.1, 0.15) is 5.75 Å². The van der Waals surface area contributed by atoms with Crippen molar-refractivity contribution < 1.29 is 14.6 Å². The Hall–Kier alpha value is -1.51. The molecule has 17 heavy (non-hydrogen) atoms. The van der Waals surface area contributed by atoms with Crippen molar-refractivity contribution in [2.75, 3.05) is 6.61 Å². The lowest BCUT2D eigenvalue weighted by molar-refractivity contribution is -0.137. The van der Waals surface area contributed by atoms with Crippen molar-refractivity contribution in [3.63, 3.8) is 0 Å². The topological polar surface area (TPSA) is 46.5 Å². The van der Waals surface area contributed by atoms with Gasteiger partial charge in [-0.1, -0.05) is 19.1 Å². The molecule has 0 atom stereocenters. The zero-order valence-corrected chi connectivity index (χ0v) is 10.1. The van der Waals surface area contributed by atoms with E-state index in [9.17, 15) is 4.79 Å². The van der Waals surface area contributed by atoms with E-state index in [2.05, 4.69) is 19.1 Å². The van der Waals surface area contributed by atoms with Gasteiger partial charge in [-0.25, -0.2) is 0 Å². The van der Waals surface area contributed by atoms with Crippen LogP contribution in [0.5, 0.6) is 5.75 Å². The molecule has 1 aromatic carbocycles. The van der Waals surface area contributed by atoms with Crippen molar-refractivity contribution in [1.82, 2.24) is 0 Å². The summed E-state index contributed by atoms with van der Waals surface area (Å²) in [6.07, 6.45) is 3.79. The molecule has 1 saturated carbocycles. The molecule has 2 rings (SSSR count). The fraction of sp³-hybridized carbons (Fsp3) is 0.500. The number of hydrogen-bond acceptors (Lipinski definition) is 2. The van der Waals surface area contributed by atoms with Crippen molar-refractivity contribution >= 4 is 5.97 Å². The Kier molecular flexibility index (Phi) is 3.36. The van der Waals surface area contributed by atoms with Gasteiger partial charge in [0, 0.05) is 0 Å². The molecule has 0 unspecified atom stereocenters. The molecule has 1 aromatic rings. The number of ether oxygens (including phenoxy) is 1. The van der Waals surface area contributed by atoms with Gasteiger partial charge in [-0.05, 0) is 42.4 Å². The summed E-state index contributed by atoms with van der Waals surface area (Å²) in [5.74, 6) is -0.0774. The Labute approximate surface area is 101 Å². The van der Waals surface area contributed by atoms with Crippen LogP contribution in [0, 0.1) is 0 Å². The quantitative estimate of drug-likeness (QED) is 0.823. The van der Waals surface area contributed by atoms with Gasteiger partial charge in [-0.2, -0.15) is 0 Å². The van der Waals surface area contributed by atoms with Crippen LogP contribution in [0.1, 0.15) is 38.2 Å². The van der Waals surface area contributed by atoms with E-state index in [4.69, 9.17) is 9.84 Å². The van der Waals surface area contributed by atoms with E-state index in [0.29, 0.717) is 5.41 Å². The van der Waals surface area contributed by atoms with Gasteiger partial charge in [-0.15, -0.1) is 0 Å². The highest BCUT2D eigenvalue weighted by Gasteiger charge is 2.41. The molecule has 0 bridgehead atoms. The van der Waals surface area contributed by atoms with Crippen molar-refractivity contribution in [3.05, 3.63) is 29.8 Å². The molecule has 0 heterocycles. The van der Waals surface area contributed by atoms with Crippen LogP contribution in [0.15, 0.2) is 24.3 Å². The predicted molar refractivity (Wildman–Crippen MR) is 65.4 cm³/mol. The number of carboxylic acids is 1. The van der Waals surface area contributed by atoms with Crippen molar-refractivity contribution in [2.45, 2.75) is 38.0 Å². The molecule has 1 fully saturated rings. The van der Waals surface area contributed by atoms with Gasteiger partial charge in [0.25, 0.3) is 0 Å². The number of carboxylic acid groups (broad SMARTS) is 1. The summed E-state index contributed by atoms with van der Waals surface area (Å²) < 4.78 is 5.36. The zero-order valence-electron chi connectivity index (χ0n) is 10.1. The summed E-state index contributed by atoms with van der Waals surface area (Å²) in [6, 6.07) is 8.08. The molecule has 92 valence electrons. The molecule has 1 N–H and O–H groups in total. The van der Waals surface area contributed by atoms with Crippen LogP contribution in [0.3, 0.4) is 0 Å². The molecular formula is C14H18O3. The molecule has 0 aliphatic heterocycles. The van der Waals surface area contributed by atoms with Crippen LogP contribution >= 0.6 is 0 Å². The third kappa shape index (κ3) is 2.78. The number of benzene rings is 1. The summed E-state index contributed by atoms with van der Waals surface area (Å²) in [5.41, 5.74) is 1.80. The normalized spacial score (nSPS) is 16.5. The molecule has 0 saturated heterocycles. The third-order valence-electron chi connectivity index (χ3n) is 3.58. The van der Waals surface area contributed by atoms with Gasteiger partial charge in [-0.3, -0.25) is 4.79 Å². The summed E-state index contributed by atoms with van der Waals surface area (Å²) in [4.78, 5) is 10.3. The fourth-order valence-corrected chi connectivity index (χ4v) is 2.16. The van der Waals surface area contributed by atoms with Gasteiger partial charge in [0.05, 0.1) is 13.0 Å². The SMILES string of the molecule is CCC1(c2ccc(OCCC(=O)O)cc2)CC1. The molecule has 0 amide bonds. The Morgan fingerprint density at radius 3 is 2.47 bits per heavy atom. The first-order chi connectivity index (χ1) is 8.16. The van der Waals surface area contributed by atoms with Crippen molar-refractivity contribution in [2.24, 2.45) is 0 Å². The molecule has 3 heteroatoms. The van der Waals surface area contributed by atoms with Crippen LogP contribution in [0.2, 0.25) is 0 Å². The summed E-state index contributed by atoms with van der Waals surface area (Å²) >= 11 is 0. The standard InChI is InChI=1S/C14H18O3/c1-2-14(8-9-14)11-3-5-12(6-4-11)17-10-7-13(15)16/h3-6H,2,7-10H2,1H3,(H,15,16). The maximum atomic E-state index is 10.3. The summed E-state index contributed by atoms with van der Waals surface area (Å²) in [5, 5.41) is 8.50. The Bertz CT molecular complexity index is 390. The molecule has 0 radical (unpaired) electrons. The van der Waals surface area contributed by atoms with Gasteiger partial charge >= 0.3 is 5.97 Å². The lowest BCUT2D eigenvalue weighted by atomic mass is 9.93. The molecule has 3 nitrogen and oxygen atoms in total. The van der Waals surface area contributed by atoms with Crippen LogP contribution in [0.4, 0.5) is 0 Å². The number of aliphatic carboxylic acids is 1. The second-order valence-electron chi connectivity index (χ2n) is 4.65. The van der Waals surface area contributed by atoms with Crippen molar-refractivity contribution in [1.29, 1.82) is 0 Å². The minimum atomic E-state index is -0.829. The minimum Gasteiger partial charge on any atom is -0.493 e. The minimum absolute atomic E-state index is 0.0423. The first-order valence-corrected chi connectivity index (χ1v) is 6.11. The van der Waals surface area contributed by atoms with E-state index in [0.717, 1.165) is 5.75 Å². The summed E-state index contributed by atoms with van der Waals surface area (Å²) in [7, 11) is 0. The second kappa shape index (κ2) is 4.78. The molecule has 0 aromatic heterocycles. The first-order valence-electron chi connectivity index (χ1n) is 6.11. The van der Waals surface area contributed by atoms with E-state index in [1.165, 1.54) is 24.8 Å². The van der Waals surface area contributed by atoms with Crippen LogP contribution < -0.4 is 4.74 Å². The van der Waals surface area contributed by atoms with Crippen LogP contribution in [-0.4, -0.2) is 17.7 Å². The Balaban J connectivity index is 1.92. The lowest BCUT2D eigenvalue weighted by Gasteiger charge is -2.13. The Morgan fingerprint density at radius 1 is 1.35 bits per heavy atom. The third-order valence-corrected chi connectivity index (χ3v) is 3.58. The predicted octanol–water partition coefficient (Wildman–Crippen LogP) is 2.98. The van der Waals surface area contributed by atoms with E-state index in [1.807, 2.05) is 12.1 Å². The van der Waals surface area contributed by atoms with Crippen LogP contribution in [0.25, 0.3) is 0 Å². The van der Waals surface area contributed by atoms with E-state index in [1.54, 1.807) is 0 Å². The molecule has 1 aliphatic carbocycles. The number of carbonyl (C=O) groups is 1. The monoisotopic (exact) mass is 234 g/mol. The first kappa shape index (κ1) is 12.0. The van der Waals surface area contributed by atoms with Gasteiger partial charge < -0.3 is 9.84 Å². The molecule has 0 spiro atoms. The van der Waals surface area contributed by atoms with Crippen LogP contribution in [-0.2, 0) is 10.2 Å². The van der Waals surface area contributed by atoms with E-state index in [-0.39, 0.29) is 13.0 Å². The maximum Gasteiger partial charge on any atom is 0.306 e. The number of hydrogen-bond donors (Lipinski definition) is 1. The number of rotatable bonds is 6. The average Bonchev–Trinajstić information content (AvgIpc) is 3.10. The van der Waals surface area contributed by atoms with Gasteiger partial charge in [0.15, 0.2) is 0 Å². The maximum absolute atomic E-state index is 10.3. The summed E-state index contributed by atoms with van der Waals surface area (Å²) in [6.45, 7) is 2.46. The van der Waals surface area contributed by atoms with Gasteiger partial charge in [0.2, 0.25) is 0 Å². The highest BCUT2D eigenvalue weighted by Crippen LogP contribution is 2.50. The fourth-order valence-electron chi connectivity index (χ4n) is 2.16. The molecular weight excluding hydrogens is 216 g/mol. The largest absolute Gasteiger partial charge is 0.493 e. The Morgan fingerprint density at radius 2 is 2.00 bits per heavy atom. The highest BCUT2D eigenvalue weighted by atomic mass is 16.5. The molecule has 1 aliphatic rings. The smallest absolute Gasteiger partial charge is 0.306 e.